The molecule has 0 amide bonds. The standard InChI is InChI=1S/C10H10O3S/c1-3-8-5-6-9(4-2)10(7-8)14(11,12)13/h3-7H,1-2H2,(H,11,12,13). The molecule has 3 nitrogen and oxygen atoms in total. The minimum atomic E-state index is -4.20. The van der Waals surface area contributed by atoms with Crippen molar-refractivity contribution in [3.8, 4) is 0 Å². The average molecular weight is 210 g/mol. The molecule has 0 unspecified atom stereocenters. The molecule has 14 heavy (non-hydrogen) atoms. The second-order valence-corrected chi connectivity index (χ2v) is 4.07. The highest BCUT2D eigenvalue weighted by Crippen LogP contribution is 2.19. The quantitative estimate of drug-likeness (QED) is 0.778. The van der Waals surface area contributed by atoms with Crippen LogP contribution in [0.25, 0.3) is 12.2 Å². The molecule has 1 aromatic carbocycles. The highest BCUT2D eigenvalue weighted by atomic mass is 32.2. The summed E-state index contributed by atoms with van der Waals surface area (Å²) in [6.07, 6.45) is 2.87. The molecule has 0 spiro atoms. The Morgan fingerprint density at radius 2 is 1.86 bits per heavy atom. The van der Waals surface area contributed by atoms with Crippen molar-refractivity contribution >= 4 is 22.3 Å². The summed E-state index contributed by atoms with van der Waals surface area (Å²) in [7, 11) is -4.20. The Balaban J connectivity index is 3.52. The van der Waals surface area contributed by atoms with Crippen LogP contribution in [0.5, 0.6) is 0 Å². The molecule has 0 aromatic heterocycles. The largest absolute Gasteiger partial charge is 0.295 e. The minimum absolute atomic E-state index is 0.148. The molecule has 1 aromatic rings. The van der Waals surface area contributed by atoms with Gasteiger partial charge in [0, 0.05) is 0 Å². The molecule has 1 rings (SSSR count). The number of hydrogen-bond acceptors (Lipinski definition) is 2. The van der Waals surface area contributed by atoms with Crippen LogP contribution in [0.4, 0.5) is 0 Å². The fourth-order valence-electron chi connectivity index (χ4n) is 1.07. The van der Waals surface area contributed by atoms with Crippen LogP contribution >= 0.6 is 0 Å². The predicted molar refractivity (Wildman–Crippen MR) is 56.4 cm³/mol. The second kappa shape index (κ2) is 3.77. The van der Waals surface area contributed by atoms with E-state index in [9.17, 15) is 8.42 Å². The van der Waals surface area contributed by atoms with Crippen LogP contribution in [0.1, 0.15) is 11.1 Å². The third-order valence-corrected chi connectivity index (χ3v) is 2.68. The number of benzene rings is 1. The van der Waals surface area contributed by atoms with E-state index in [4.69, 9.17) is 4.55 Å². The van der Waals surface area contributed by atoms with Crippen LogP contribution < -0.4 is 0 Å². The summed E-state index contributed by atoms with van der Waals surface area (Å²) in [4.78, 5) is -0.148. The van der Waals surface area contributed by atoms with Crippen molar-refractivity contribution in [2.45, 2.75) is 4.90 Å². The van der Waals surface area contributed by atoms with Gasteiger partial charge < -0.3 is 0 Å². The van der Waals surface area contributed by atoms with Crippen LogP contribution in [-0.4, -0.2) is 13.0 Å². The molecule has 0 aliphatic carbocycles. The maximum atomic E-state index is 11.0. The molecule has 0 atom stereocenters. The van der Waals surface area contributed by atoms with Gasteiger partial charge in [-0.1, -0.05) is 37.4 Å². The van der Waals surface area contributed by atoms with Gasteiger partial charge in [-0.3, -0.25) is 4.55 Å². The van der Waals surface area contributed by atoms with Crippen molar-refractivity contribution in [2.24, 2.45) is 0 Å². The summed E-state index contributed by atoms with van der Waals surface area (Å²) in [5.41, 5.74) is 1.00. The lowest BCUT2D eigenvalue weighted by molar-refractivity contribution is 0.483. The third kappa shape index (κ3) is 2.10. The molecule has 4 heteroatoms. The summed E-state index contributed by atoms with van der Waals surface area (Å²) in [6.45, 7) is 6.97. The van der Waals surface area contributed by atoms with E-state index >= 15 is 0 Å². The first-order chi connectivity index (χ1) is 6.49. The lowest BCUT2D eigenvalue weighted by Crippen LogP contribution is -2.01. The van der Waals surface area contributed by atoms with E-state index in [0.717, 1.165) is 0 Å². The first-order valence-electron chi connectivity index (χ1n) is 3.85. The molecule has 1 N–H and O–H groups in total. The molecule has 0 aliphatic heterocycles. The SMILES string of the molecule is C=Cc1ccc(C=C)c(S(=O)(=O)O)c1. The molecular formula is C10H10O3S. The fourth-order valence-corrected chi connectivity index (χ4v) is 1.80. The van der Waals surface area contributed by atoms with E-state index in [1.165, 1.54) is 18.2 Å². The smallest absolute Gasteiger partial charge is 0.282 e. The summed E-state index contributed by atoms with van der Waals surface area (Å²) >= 11 is 0. The monoisotopic (exact) mass is 210 g/mol. The van der Waals surface area contributed by atoms with Gasteiger partial charge in [-0.05, 0) is 17.2 Å². The highest BCUT2D eigenvalue weighted by Gasteiger charge is 2.13. The van der Waals surface area contributed by atoms with E-state index in [1.54, 1.807) is 12.1 Å². The van der Waals surface area contributed by atoms with Gasteiger partial charge in [0.2, 0.25) is 0 Å². The van der Waals surface area contributed by atoms with Gasteiger partial charge in [0.15, 0.2) is 0 Å². The van der Waals surface area contributed by atoms with E-state index in [2.05, 4.69) is 13.2 Å². The Labute approximate surface area is 83.1 Å². The molecule has 0 aliphatic rings. The number of hydrogen-bond donors (Lipinski definition) is 1. The number of rotatable bonds is 3. The van der Waals surface area contributed by atoms with Gasteiger partial charge in [-0.25, -0.2) is 0 Å². The van der Waals surface area contributed by atoms with E-state index < -0.39 is 10.1 Å². The summed E-state index contributed by atoms with van der Waals surface area (Å²) < 4.78 is 30.8. The maximum absolute atomic E-state index is 11.0. The molecule has 74 valence electrons. The van der Waals surface area contributed by atoms with Crippen LogP contribution in [0.15, 0.2) is 36.3 Å². The van der Waals surface area contributed by atoms with Crippen molar-refractivity contribution in [2.75, 3.05) is 0 Å². The Morgan fingerprint density at radius 1 is 1.21 bits per heavy atom. The van der Waals surface area contributed by atoms with Gasteiger partial charge in [0.05, 0.1) is 0 Å². The van der Waals surface area contributed by atoms with Crippen LogP contribution in [0.2, 0.25) is 0 Å². The van der Waals surface area contributed by atoms with Gasteiger partial charge in [0.25, 0.3) is 10.1 Å². The molecule has 0 saturated heterocycles. The average Bonchev–Trinajstić information content (AvgIpc) is 2.15. The first-order valence-corrected chi connectivity index (χ1v) is 5.29. The maximum Gasteiger partial charge on any atom is 0.295 e. The molecular weight excluding hydrogens is 200 g/mol. The van der Waals surface area contributed by atoms with Crippen molar-refractivity contribution in [1.82, 2.24) is 0 Å². The topological polar surface area (TPSA) is 54.4 Å². The molecule has 0 heterocycles. The Kier molecular flexibility index (Phi) is 2.88. The van der Waals surface area contributed by atoms with Gasteiger partial charge in [0.1, 0.15) is 4.90 Å². The van der Waals surface area contributed by atoms with E-state index in [0.29, 0.717) is 11.1 Å². The Morgan fingerprint density at radius 3 is 2.29 bits per heavy atom. The van der Waals surface area contributed by atoms with Crippen molar-refractivity contribution < 1.29 is 13.0 Å². The van der Waals surface area contributed by atoms with Crippen molar-refractivity contribution in [3.63, 3.8) is 0 Å². The lowest BCUT2D eigenvalue weighted by Gasteiger charge is -2.03. The lowest BCUT2D eigenvalue weighted by atomic mass is 10.1. The van der Waals surface area contributed by atoms with Crippen molar-refractivity contribution in [3.05, 3.63) is 42.5 Å². The second-order valence-electron chi connectivity index (χ2n) is 2.68. The van der Waals surface area contributed by atoms with E-state index in [1.807, 2.05) is 0 Å². The minimum Gasteiger partial charge on any atom is -0.282 e. The molecule has 0 saturated carbocycles. The molecule has 0 bridgehead atoms. The Bertz CT molecular complexity index is 472. The Hall–Kier alpha value is -1.39. The summed E-state index contributed by atoms with van der Waals surface area (Å²) in [5, 5.41) is 0. The molecule has 0 fully saturated rings. The summed E-state index contributed by atoms with van der Waals surface area (Å²) in [5.74, 6) is 0. The third-order valence-electron chi connectivity index (χ3n) is 1.77. The van der Waals surface area contributed by atoms with Crippen LogP contribution in [0, 0.1) is 0 Å². The van der Waals surface area contributed by atoms with Crippen molar-refractivity contribution in [1.29, 1.82) is 0 Å². The zero-order valence-electron chi connectivity index (χ0n) is 7.47. The predicted octanol–water partition coefficient (Wildman–Crippen LogP) is 2.22. The van der Waals surface area contributed by atoms with Crippen LogP contribution in [0.3, 0.4) is 0 Å². The normalized spacial score (nSPS) is 10.9. The van der Waals surface area contributed by atoms with Crippen LogP contribution in [-0.2, 0) is 10.1 Å². The van der Waals surface area contributed by atoms with Gasteiger partial charge in [-0.2, -0.15) is 8.42 Å². The van der Waals surface area contributed by atoms with Gasteiger partial charge in [-0.15, -0.1) is 0 Å². The van der Waals surface area contributed by atoms with E-state index in [-0.39, 0.29) is 4.90 Å². The fraction of sp³-hybridized carbons (Fsp3) is 0. The first kappa shape index (κ1) is 10.7. The zero-order chi connectivity index (χ0) is 10.8. The highest BCUT2D eigenvalue weighted by molar-refractivity contribution is 7.85. The van der Waals surface area contributed by atoms with Gasteiger partial charge >= 0.3 is 0 Å². The zero-order valence-corrected chi connectivity index (χ0v) is 8.29. The molecule has 0 radical (unpaired) electrons. The summed E-state index contributed by atoms with van der Waals surface area (Å²) in [6, 6.07) is 4.60.